The number of aryl methyl sites for hydroxylation is 1. The molecule has 0 fully saturated rings. The summed E-state index contributed by atoms with van der Waals surface area (Å²) in [6.07, 6.45) is 0. The molecule has 2 rings (SSSR count). The molecule has 0 unspecified atom stereocenters. The lowest BCUT2D eigenvalue weighted by Crippen LogP contribution is -1.95. The van der Waals surface area contributed by atoms with Crippen LogP contribution in [-0.4, -0.2) is 10.2 Å². The molecule has 2 aromatic rings. The van der Waals surface area contributed by atoms with Gasteiger partial charge < -0.3 is 10.2 Å². The molecule has 0 aliphatic heterocycles. The standard InChI is InChI=1S/C10H10FN3O/c1-6-2-3-8(11)7(4-6)10-14-13-9(5-12)15-10/h2-4H,5,12H2,1H3. The van der Waals surface area contributed by atoms with Crippen LogP contribution in [0, 0.1) is 12.7 Å². The Labute approximate surface area is 85.9 Å². The Hall–Kier alpha value is -1.75. The fraction of sp³-hybridized carbons (Fsp3) is 0.200. The highest BCUT2D eigenvalue weighted by Crippen LogP contribution is 2.22. The minimum absolute atomic E-state index is 0.153. The van der Waals surface area contributed by atoms with Crippen molar-refractivity contribution in [3.63, 3.8) is 0 Å². The summed E-state index contributed by atoms with van der Waals surface area (Å²) in [4.78, 5) is 0. The molecule has 0 bridgehead atoms. The second-order valence-electron chi connectivity index (χ2n) is 3.19. The van der Waals surface area contributed by atoms with Crippen molar-refractivity contribution in [2.45, 2.75) is 13.5 Å². The van der Waals surface area contributed by atoms with Gasteiger partial charge in [0.05, 0.1) is 12.1 Å². The SMILES string of the molecule is Cc1ccc(F)c(-c2nnc(CN)o2)c1. The fourth-order valence-corrected chi connectivity index (χ4v) is 1.25. The maximum Gasteiger partial charge on any atom is 0.250 e. The molecule has 0 amide bonds. The van der Waals surface area contributed by atoms with Crippen LogP contribution in [0.25, 0.3) is 11.5 Å². The van der Waals surface area contributed by atoms with E-state index in [1.54, 1.807) is 12.1 Å². The van der Waals surface area contributed by atoms with Gasteiger partial charge in [0.1, 0.15) is 5.82 Å². The van der Waals surface area contributed by atoms with Crippen molar-refractivity contribution < 1.29 is 8.81 Å². The van der Waals surface area contributed by atoms with Crippen LogP contribution in [0.3, 0.4) is 0 Å². The first-order chi connectivity index (χ1) is 7.20. The van der Waals surface area contributed by atoms with Crippen LogP contribution in [0.2, 0.25) is 0 Å². The van der Waals surface area contributed by atoms with Crippen molar-refractivity contribution in [2.24, 2.45) is 5.73 Å². The molecule has 0 radical (unpaired) electrons. The molecule has 1 aromatic heterocycles. The average molecular weight is 207 g/mol. The number of hydrogen-bond acceptors (Lipinski definition) is 4. The van der Waals surface area contributed by atoms with E-state index in [1.807, 2.05) is 6.92 Å². The minimum atomic E-state index is -0.382. The highest BCUT2D eigenvalue weighted by Gasteiger charge is 2.12. The molecule has 2 N–H and O–H groups in total. The van der Waals surface area contributed by atoms with Gasteiger partial charge in [-0.15, -0.1) is 10.2 Å². The molecular weight excluding hydrogens is 197 g/mol. The van der Waals surface area contributed by atoms with E-state index in [2.05, 4.69) is 10.2 Å². The van der Waals surface area contributed by atoms with E-state index >= 15 is 0 Å². The summed E-state index contributed by atoms with van der Waals surface area (Å²) in [6, 6.07) is 4.71. The van der Waals surface area contributed by atoms with E-state index in [9.17, 15) is 4.39 Å². The molecule has 0 aliphatic carbocycles. The Balaban J connectivity index is 2.48. The molecule has 1 aromatic carbocycles. The zero-order valence-corrected chi connectivity index (χ0v) is 8.20. The van der Waals surface area contributed by atoms with Crippen LogP contribution >= 0.6 is 0 Å². The number of halogens is 1. The first-order valence-corrected chi connectivity index (χ1v) is 4.49. The molecule has 4 nitrogen and oxygen atoms in total. The molecular formula is C10H10FN3O. The van der Waals surface area contributed by atoms with Crippen LogP contribution in [0.15, 0.2) is 22.6 Å². The third-order valence-electron chi connectivity index (χ3n) is 1.99. The molecule has 0 aliphatic rings. The van der Waals surface area contributed by atoms with Gasteiger partial charge in [0.25, 0.3) is 5.89 Å². The van der Waals surface area contributed by atoms with Crippen LogP contribution in [0.5, 0.6) is 0 Å². The molecule has 15 heavy (non-hydrogen) atoms. The normalized spacial score (nSPS) is 10.6. The zero-order valence-electron chi connectivity index (χ0n) is 8.20. The van der Waals surface area contributed by atoms with Gasteiger partial charge in [0.2, 0.25) is 5.89 Å². The van der Waals surface area contributed by atoms with Gasteiger partial charge in [0, 0.05) is 0 Å². The fourth-order valence-electron chi connectivity index (χ4n) is 1.25. The maximum atomic E-state index is 13.4. The average Bonchev–Trinajstić information content (AvgIpc) is 2.70. The molecule has 5 heteroatoms. The summed E-state index contributed by atoms with van der Waals surface area (Å²) in [5.41, 5.74) is 6.56. The van der Waals surface area contributed by atoms with E-state index in [4.69, 9.17) is 10.2 Å². The number of rotatable bonds is 2. The summed E-state index contributed by atoms with van der Waals surface area (Å²) >= 11 is 0. The summed E-state index contributed by atoms with van der Waals surface area (Å²) in [5.74, 6) is 0.0791. The predicted octanol–water partition coefficient (Wildman–Crippen LogP) is 1.64. The Morgan fingerprint density at radius 2 is 2.20 bits per heavy atom. The third-order valence-corrected chi connectivity index (χ3v) is 1.99. The number of nitrogens with two attached hydrogens (primary N) is 1. The molecule has 0 spiro atoms. The highest BCUT2D eigenvalue weighted by atomic mass is 19.1. The van der Waals surface area contributed by atoms with Crippen molar-refractivity contribution in [1.82, 2.24) is 10.2 Å². The Morgan fingerprint density at radius 1 is 1.40 bits per heavy atom. The number of benzene rings is 1. The van der Waals surface area contributed by atoms with Gasteiger partial charge in [-0.3, -0.25) is 0 Å². The van der Waals surface area contributed by atoms with Gasteiger partial charge in [-0.1, -0.05) is 11.6 Å². The first-order valence-electron chi connectivity index (χ1n) is 4.49. The lowest BCUT2D eigenvalue weighted by Gasteiger charge is -1.98. The molecule has 0 saturated carbocycles. The topological polar surface area (TPSA) is 64.9 Å². The molecule has 0 saturated heterocycles. The third kappa shape index (κ3) is 1.87. The minimum Gasteiger partial charge on any atom is -0.419 e. The van der Waals surface area contributed by atoms with Gasteiger partial charge in [-0.05, 0) is 19.1 Å². The smallest absolute Gasteiger partial charge is 0.250 e. The van der Waals surface area contributed by atoms with Crippen LogP contribution in [0.1, 0.15) is 11.5 Å². The Bertz CT molecular complexity index is 481. The van der Waals surface area contributed by atoms with Gasteiger partial charge in [0.15, 0.2) is 0 Å². The van der Waals surface area contributed by atoms with Crippen molar-refractivity contribution >= 4 is 0 Å². The Morgan fingerprint density at radius 3 is 2.87 bits per heavy atom. The first kappa shape index (κ1) is 9.79. The van der Waals surface area contributed by atoms with Gasteiger partial charge >= 0.3 is 0 Å². The van der Waals surface area contributed by atoms with E-state index < -0.39 is 0 Å². The lowest BCUT2D eigenvalue weighted by atomic mass is 10.1. The second-order valence-corrected chi connectivity index (χ2v) is 3.19. The highest BCUT2D eigenvalue weighted by molar-refractivity contribution is 5.54. The zero-order chi connectivity index (χ0) is 10.8. The van der Waals surface area contributed by atoms with E-state index in [-0.39, 0.29) is 18.3 Å². The summed E-state index contributed by atoms with van der Waals surface area (Å²) in [6.45, 7) is 2.02. The van der Waals surface area contributed by atoms with Crippen molar-refractivity contribution in [1.29, 1.82) is 0 Å². The summed E-state index contributed by atoms with van der Waals surface area (Å²) < 4.78 is 18.6. The molecule has 1 heterocycles. The monoisotopic (exact) mass is 207 g/mol. The van der Waals surface area contributed by atoms with Gasteiger partial charge in [-0.2, -0.15) is 0 Å². The van der Waals surface area contributed by atoms with Crippen LogP contribution < -0.4 is 5.73 Å². The van der Waals surface area contributed by atoms with E-state index in [1.165, 1.54) is 6.07 Å². The number of aromatic nitrogens is 2. The van der Waals surface area contributed by atoms with Crippen LogP contribution in [0.4, 0.5) is 4.39 Å². The van der Waals surface area contributed by atoms with Crippen molar-refractivity contribution in [3.05, 3.63) is 35.5 Å². The predicted molar refractivity (Wildman–Crippen MR) is 52.3 cm³/mol. The quantitative estimate of drug-likeness (QED) is 0.813. The number of nitrogens with zero attached hydrogens (tertiary/aromatic N) is 2. The molecule has 78 valence electrons. The van der Waals surface area contributed by atoms with Crippen molar-refractivity contribution in [2.75, 3.05) is 0 Å². The van der Waals surface area contributed by atoms with E-state index in [0.717, 1.165) is 5.56 Å². The van der Waals surface area contributed by atoms with Crippen LogP contribution in [-0.2, 0) is 6.54 Å². The van der Waals surface area contributed by atoms with Gasteiger partial charge in [-0.25, -0.2) is 4.39 Å². The summed E-state index contributed by atoms with van der Waals surface area (Å²) in [7, 11) is 0. The number of hydrogen-bond donors (Lipinski definition) is 1. The summed E-state index contributed by atoms with van der Waals surface area (Å²) in [5, 5.41) is 7.40. The lowest BCUT2D eigenvalue weighted by molar-refractivity contribution is 0.504. The second kappa shape index (κ2) is 3.78. The Kier molecular flexibility index (Phi) is 2.47. The largest absolute Gasteiger partial charge is 0.419 e. The molecule has 0 atom stereocenters. The maximum absolute atomic E-state index is 13.4. The van der Waals surface area contributed by atoms with Crippen molar-refractivity contribution in [3.8, 4) is 11.5 Å². The van der Waals surface area contributed by atoms with E-state index in [0.29, 0.717) is 11.5 Å².